The molecule has 11 heteroatoms. The third-order valence-electron chi connectivity index (χ3n) is 5.81. The molecule has 0 fully saturated rings. The number of carbonyl (C=O) groups is 1. The molecule has 4 aromatic heterocycles. The molecule has 0 aliphatic rings. The molecule has 3 N–H and O–H groups in total. The first kappa shape index (κ1) is 24.5. The second-order valence-corrected chi connectivity index (χ2v) is 8.68. The van der Waals surface area contributed by atoms with Gasteiger partial charge < -0.3 is 15.2 Å². The number of nitrogens with one attached hydrogen (secondary N) is 3. The highest BCUT2D eigenvalue weighted by Gasteiger charge is 2.18. The van der Waals surface area contributed by atoms with Crippen LogP contribution in [0.3, 0.4) is 0 Å². The number of aromatic amines is 2. The van der Waals surface area contributed by atoms with E-state index in [1.54, 1.807) is 70.2 Å². The Kier molecular flexibility index (Phi) is 6.48. The first-order chi connectivity index (χ1) is 18.4. The number of pyridine rings is 2. The summed E-state index contributed by atoms with van der Waals surface area (Å²) in [5.41, 5.74) is 5.14. The van der Waals surface area contributed by atoms with E-state index >= 15 is 0 Å². The summed E-state index contributed by atoms with van der Waals surface area (Å²) in [5.74, 6) is 0.150. The Labute approximate surface area is 217 Å². The van der Waals surface area contributed by atoms with E-state index in [4.69, 9.17) is 4.98 Å². The van der Waals surface area contributed by atoms with Gasteiger partial charge in [-0.3, -0.25) is 15.1 Å². The monoisotopic (exact) mass is 509 g/mol. The fraction of sp³-hybridized carbons (Fsp3) is 0.111. The highest BCUT2D eigenvalue weighted by Crippen LogP contribution is 2.32. The molecule has 4 heterocycles. The lowest BCUT2D eigenvalue weighted by atomic mass is 10.1. The molecular formula is C27H24FN9O. The number of aliphatic imine (C=N–C) groups is 1. The zero-order chi connectivity index (χ0) is 26.8. The molecule has 0 spiro atoms. The van der Waals surface area contributed by atoms with Crippen LogP contribution in [0, 0.1) is 5.82 Å². The van der Waals surface area contributed by atoms with Crippen molar-refractivity contribution < 1.29 is 9.18 Å². The first-order valence-corrected chi connectivity index (χ1v) is 11.6. The van der Waals surface area contributed by atoms with Crippen molar-refractivity contribution in [2.75, 3.05) is 21.1 Å². The van der Waals surface area contributed by atoms with E-state index in [0.717, 1.165) is 5.56 Å². The number of imidazole rings is 1. The lowest BCUT2D eigenvalue weighted by Gasteiger charge is -2.12. The summed E-state index contributed by atoms with van der Waals surface area (Å²) in [4.78, 5) is 34.3. The minimum Gasteiger partial charge on any atom is -0.335 e. The third-order valence-corrected chi connectivity index (χ3v) is 5.81. The molecule has 0 bridgehead atoms. The Hall–Kier alpha value is -5.19. The fourth-order valence-electron chi connectivity index (χ4n) is 3.97. The number of amides is 2. The number of allylic oxidation sites excluding steroid dienone is 2. The molecule has 0 saturated heterocycles. The van der Waals surface area contributed by atoms with Crippen LogP contribution in [-0.2, 0) is 0 Å². The van der Waals surface area contributed by atoms with Crippen molar-refractivity contribution in [3.8, 4) is 22.6 Å². The van der Waals surface area contributed by atoms with Gasteiger partial charge in [-0.1, -0.05) is 24.8 Å². The van der Waals surface area contributed by atoms with Gasteiger partial charge >= 0.3 is 6.03 Å². The maximum atomic E-state index is 14.5. The molecular weight excluding hydrogens is 485 g/mol. The smallest absolute Gasteiger partial charge is 0.321 e. The van der Waals surface area contributed by atoms with Crippen molar-refractivity contribution in [2.24, 2.45) is 4.99 Å². The lowest BCUT2D eigenvalue weighted by Crippen LogP contribution is -2.33. The van der Waals surface area contributed by atoms with Crippen LogP contribution >= 0.6 is 0 Å². The molecule has 0 radical (unpaired) electrons. The Balaban J connectivity index is 1.57. The Morgan fingerprint density at radius 1 is 1.18 bits per heavy atom. The van der Waals surface area contributed by atoms with Crippen molar-refractivity contribution >= 4 is 39.9 Å². The number of hydrogen-bond donors (Lipinski definition) is 3. The Morgan fingerprint density at radius 3 is 2.76 bits per heavy atom. The summed E-state index contributed by atoms with van der Waals surface area (Å²) >= 11 is 0. The van der Waals surface area contributed by atoms with Crippen molar-refractivity contribution in [1.29, 1.82) is 0 Å². The summed E-state index contributed by atoms with van der Waals surface area (Å²) in [6.07, 6.45) is 8.28. The maximum absolute atomic E-state index is 14.5. The summed E-state index contributed by atoms with van der Waals surface area (Å²) in [6, 6.07) is 8.12. The third kappa shape index (κ3) is 4.64. The highest BCUT2D eigenvalue weighted by molar-refractivity contribution is 6.11. The van der Waals surface area contributed by atoms with Crippen LogP contribution in [0.15, 0.2) is 72.3 Å². The maximum Gasteiger partial charge on any atom is 0.321 e. The van der Waals surface area contributed by atoms with E-state index < -0.39 is 0 Å². The number of carbonyl (C=O) groups excluding carboxylic acids is 1. The van der Waals surface area contributed by atoms with Gasteiger partial charge in [0.05, 0.1) is 17.1 Å². The van der Waals surface area contributed by atoms with Gasteiger partial charge in [-0.25, -0.2) is 19.2 Å². The van der Waals surface area contributed by atoms with Gasteiger partial charge in [0, 0.05) is 67.7 Å². The number of benzene rings is 1. The van der Waals surface area contributed by atoms with Crippen molar-refractivity contribution in [3.05, 3.63) is 78.7 Å². The van der Waals surface area contributed by atoms with Gasteiger partial charge in [0.15, 0.2) is 11.5 Å². The molecule has 2 amide bonds. The number of nitrogens with zero attached hydrogens (tertiary/aromatic N) is 6. The van der Waals surface area contributed by atoms with E-state index in [2.05, 4.69) is 42.0 Å². The average molecular weight is 510 g/mol. The normalized spacial score (nSPS) is 11.9. The van der Waals surface area contributed by atoms with Gasteiger partial charge in [-0.15, -0.1) is 0 Å². The molecule has 5 aromatic rings. The van der Waals surface area contributed by atoms with Gasteiger partial charge in [0.2, 0.25) is 0 Å². The van der Waals surface area contributed by atoms with Crippen LogP contribution in [0.1, 0.15) is 5.56 Å². The Morgan fingerprint density at radius 2 is 2.00 bits per heavy atom. The SMILES string of the molecule is C=C(/C=C(\C=NC)c1cnc2n[nH]c(-c3nc4c(-c5ccccc5F)cncc4[nH]3)c2c1)NC(=O)N(C)C. The van der Waals surface area contributed by atoms with Crippen LogP contribution < -0.4 is 5.32 Å². The van der Waals surface area contributed by atoms with Crippen LogP contribution in [0.5, 0.6) is 0 Å². The van der Waals surface area contributed by atoms with E-state index in [-0.39, 0.29) is 11.8 Å². The summed E-state index contributed by atoms with van der Waals surface area (Å²) in [7, 11) is 4.94. The lowest BCUT2D eigenvalue weighted by molar-refractivity contribution is 0.220. The summed E-state index contributed by atoms with van der Waals surface area (Å²) in [6.45, 7) is 3.92. The average Bonchev–Trinajstić information content (AvgIpc) is 3.52. The quantitative estimate of drug-likeness (QED) is 0.228. The van der Waals surface area contributed by atoms with Crippen LogP contribution in [0.2, 0.25) is 0 Å². The molecule has 1 aromatic carbocycles. The fourth-order valence-corrected chi connectivity index (χ4v) is 3.97. The number of hydrogen-bond acceptors (Lipinski definition) is 6. The van der Waals surface area contributed by atoms with E-state index in [1.165, 1.54) is 11.0 Å². The Bertz CT molecular complexity index is 1750. The number of rotatable bonds is 6. The zero-order valence-corrected chi connectivity index (χ0v) is 21.0. The summed E-state index contributed by atoms with van der Waals surface area (Å²) in [5, 5.41) is 10.7. The van der Waals surface area contributed by atoms with Gasteiger partial charge in [-0.2, -0.15) is 5.10 Å². The molecule has 0 aliphatic carbocycles. The minimum atomic E-state index is -0.354. The first-order valence-electron chi connectivity index (χ1n) is 11.6. The largest absolute Gasteiger partial charge is 0.335 e. The summed E-state index contributed by atoms with van der Waals surface area (Å²) < 4.78 is 14.5. The van der Waals surface area contributed by atoms with Gasteiger partial charge in [0.1, 0.15) is 17.0 Å². The molecule has 0 unspecified atom stereocenters. The van der Waals surface area contributed by atoms with Crippen LogP contribution in [0.4, 0.5) is 9.18 Å². The molecule has 190 valence electrons. The van der Waals surface area contributed by atoms with Gasteiger partial charge in [0.25, 0.3) is 0 Å². The molecule has 0 saturated carbocycles. The second kappa shape index (κ2) is 10.1. The molecule has 0 aliphatic heterocycles. The zero-order valence-electron chi connectivity index (χ0n) is 21.0. The van der Waals surface area contributed by atoms with Crippen molar-refractivity contribution in [1.82, 2.24) is 40.3 Å². The predicted molar refractivity (Wildman–Crippen MR) is 146 cm³/mol. The molecule has 5 rings (SSSR count). The number of aromatic nitrogens is 6. The van der Waals surface area contributed by atoms with Crippen LogP contribution in [-0.4, -0.2) is 68.4 Å². The van der Waals surface area contributed by atoms with Crippen molar-refractivity contribution in [2.45, 2.75) is 0 Å². The van der Waals surface area contributed by atoms with E-state index in [9.17, 15) is 9.18 Å². The minimum absolute atomic E-state index is 0.293. The number of urea groups is 1. The standard InChI is InChI=1S/C27H24FN9O/c1-15(32-27(38)37(3)4)9-16(11-29-2)17-10-19-24(35-36-25(19)31-12-17)26-33-22-14-30-13-20(23(22)34-26)18-7-5-6-8-21(18)28/h5-14H,1H2,2-4H3,(H,32,38)(H,33,34)(H,31,35,36)/b16-9+,29-11?. The second-order valence-electron chi connectivity index (χ2n) is 8.68. The van der Waals surface area contributed by atoms with Crippen LogP contribution in [0.25, 0.3) is 50.3 Å². The molecule has 0 atom stereocenters. The number of halogens is 1. The number of fused-ring (bicyclic) bond motifs is 2. The number of H-pyrrole nitrogens is 2. The topological polar surface area (TPSA) is 128 Å². The predicted octanol–water partition coefficient (Wildman–Crippen LogP) is 4.57. The van der Waals surface area contributed by atoms with Gasteiger partial charge in [-0.05, 0) is 18.2 Å². The molecule has 10 nitrogen and oxygen atoms in total. The van der Waals surface area contributed by atoms with E-state index in [1.807, 2.05) is 6.07 Å². The molecule has 38 heavy (non-hydrogen) atoms. The van der Waals surface area contributed by atoms with E-state index in [0.29, 0.717) is 56.0 Å². The van der Waals surface area contributed by atoms with Crippen molar-refractivity contribution in [3.63, 3.8) is 0 Å². The highest BCUT2D eigenvalue weighted by atomic mass is 19.1.